The number of nitrogens with zero attached hydrogens (tertiary/aromatic N) is 1. The molecule has 1 saturated heterocycles. The van der Waals surface area contributed by atoms with Crippen LogP contribution in [0.25, 0.3) is 0 Å². The Hall–Kier alpha value is -2.92. The molecule has 1 aliphatic carbocycles. The number of rotatable bonds is 8. The fourth-order valence-corrected chi connectivity index (χ4v) is 5.36. The Morgan fingerprint density at radius 2 is 1.79 bits per heavy atom. The van der Waals surface area contributed by atoms with Gasteiger partial charge in [-0.1, -0.05) is 30.7 Å². The average Bonchev–Trinajstić information content (AvgIpc) is 2.84. The van der Waals surface area contributed by atoms with Gasteiger partial charge in [-0.2, -0.15) is 0 Å². The Morgan fingerprint density at radius 1 is 1.00 bits per heavy atom. The lowest BCUT2D eigenvalue weighted by atomic mass is 9.78. The van der Waals surface area contributed by atoms with Crippen LogP contribution in [0.2, 0.25) is 0 Å². The van der Waals surface area contributed by atoms with Crippen LogP contribution < -0.4 is 20.1 Å². The van der Waals surface area contributed by atoms with Gasteiger partial charge in [0.05, 0.1) is 20.3 Å². The lowest BCUT2D eigenvalue weighted by Gasteiger charge is -2.34. The zero-order valence-electron chi connectivity index (χ0n) is 20.4. The summed E-state index contributed by atoms with van der Waals surface area (Å²) in [6.07, 6.45) is 12.8. The molecule has 5 nitrogen and oxygen atoms in total. The summed E-state index contributed by atoms with van der Waals surface area (Å²) < 4.78 is 11.5. The zero-order valence-corrected chi connectivity index (χ0v) is 20.4. The molecule has 5 heteroatoms. The third-order valence-corrected chi connectivity index (χ3v) is 7.53. The summed E-state index contributed by atoms with van der Waals surface area (Å²) in [7, 11) is 3.48. The summed E-state index contributed by atoms with van der Waals surface area (Å²) in [5.41, 5.74) is 5.14. The maximum Gasteiger partial charge on any atom is 0.164 e. The van der Waals surface area contributed by atoms with Crippen LogP contribution in [0.4, 0.5) is 5.69 Å². The summed E-state index contributed by atoms with van der Waals surface area (Å²) in [4.78, 5) is 2.58. The summed E-state index contributed by atoms with van der Waals surface area (Å²) in [6.45, 7) is 3.24. The van der Waals surface area contributed by atoms with E-state index >= 15 is 0 Å². The molecule has 1 atom stereocenters. The first-order valence-corrected chi connectivity index (χ1v) is 12.7. The Labute approximate surface area is 203 Å². The smallest absolute Gasteiger partial charge is 0.164 e. The van der Waals surface area contributed by atoms with Crippen LogP contribution in [0.5, 0.6) is 11.5 Å². The first-order chi connectivity index (χ1) is 16.7. The molecule has 2 heterocycles. The van der Waals surface area contributed by atoms with Crippen molar-refractivity contribution in [2.24, 2.45) is 0 Å². The van der Waals surface area contributed by atoms with Crippen LogP contribution in [0.1, 0.15) is 55.2 Å². The van der Waals surface area contributed by atoms with Crippen LogP contribution >= 0.6 is 0 Å². The molecule has 180 valence electrons. The molecule has 34 heavy (non-hydrogen) atoms. The van der Waals surface area contributed by atoms with E-state index < -0.39 is 0 Å². The molecule has 3 aliphatic rings. The normalized spacial score (nSPS) is 21.4. The zero-order chi connectivity index (χ0) is 23.3. The standard InChI is InChI=1S/C29H37N3O2/c1-33-28-19-23(18-26(29(28)34-2)22-7-6-8-22)27-17-21(11-14-30-27)20-32-15-12-25(13-16-32)31-24-9-4-3-5-10-24/h3-5,9-11,14,17-19,22,25,27,30-31H,6-8,12-13,15-16,20H2,1-2H3. The van der Waals surface area contributed by atoms with Crippen molar-refractivity contribution >= 4 is 5.69 Å². The number of para-hydroxylation sites is 1. The van der Waals surface area contributed by atoms with Gasteiger partial charge >= 0.3 is 0 Å². The lowest BCUT2D eigenvalue weighted by Crippen LogP contribution is -2.40. The topological polar surface area (TPSA) is 45.8 Å². The molecule has 0 radical (unpaired) electrons. The second kappa shape index (κ2) is 10.6. The van der Waals surface area contributed by atoms with Crippen LogP contribution in [0.3, 0.4) is 0 Å². The Balaban J connectivity index is 1.24. The molecule has 0 aromatic heterocycles. The molecule has 2 aliphatic heterocycles. The van der Waals surface area contributed by atoms with E-state index in [-0.39, 0.29) is 6.04 Å². The number of nitrogens with one attached hydrogen (secondary N) is 2. The second-order valence-electron chi connectivity index (χ2n) is 9.75. The van der Waals surface area contributed by atoms with Crippen LogP contribution in [-0.4, -0.2) is 44.8 Å². The number of piperidine rings is 1. The van der Waals surface area contributed by atoms with E-state index in [1.165, 1.54) is 54.5 Å². The molecule has 0 amide bonds. The predicted molar refractivity (Wildman–Crippen MR) is 139 cm³/mol. The fourth-order valence-electron chi connectivity index (χ4n) is 5.36. The SMILES string of the molecule is COc1cc(C2C=C(CN3CCC(Nc4ccccc4)CC3)C=CN2)cc(C2CCC2)c1OC. The number of hydrogen-bond donors (Lipinski definition) is 2. The maximum absolute atomic E-state index is 5.75. The van der Waals surface area contributed by atoms with Gasteiger partial charge in [0, 0.05) is 36.9 Å². The third-order valence-electron chi connectivity index (χ3n) is 7.53. The fraction of sp³-hybridized carbons (Fsp3) is 0.448. The molecule has 2 N–H and O–H groups in total. The van der Waals surface area contributed by atoms with Crippen molar-refractivity contribution in [3.8, 4) is 11.5 Å². The molecule has 2 fully saturated rings. The van der Waals surface area contributed by atoms with E-state index in [4.69, 9.17) is 9.47 Å². The summed E-state index contributed by atoms with van der Waals surface area (Å²) in [5, 5.41) is 7.24. The number of ether oxygens (including phenoxy) is 2. The molecule has 0 spiro atoms. The monoisotopic (exact) mass is 459 g/mol. The van der Waals surface area contributed by atoms with Gasteiger partial charge in [0.25, 0.3) is 0 Å². The molecular weight excluding hydrogens is 422 g/mol. The van der Waals surface area contributed by atoms with Gasteiger partial charge < -0.3 is 20.1 Å². The summed E-state index contributed by atoms with van der Waals surface area (Å²) in [6, 6.07) is 15.7. The van der Waals surface area contributed by atoms with Crippen molar-refractivity contribution < 1.29 is 9.47 Å². The minimum atomic E-state index is 0.149. The van der Waals surface area contributed by atoms with Crippen LogP contribution in [0, 0.1) is 0 Å². The van der Waals surface area contributed by atoms with Gasteiger partial charge in [-0.05, 0) is 79.3 Å². The quantitative estimate of drug-likeness (QED) is 0.536. The van der Waals surface area contributed by atoms with Crippen molar-refractivity contribution in [3.05, 3.63) is 77.5 Å². The minimum absolute atomic E-state index is 0.149. The molecule has 5 rings (SSSR count). The van der Waals surface area contributed by atoms with Crippen LogP contribution in [-0.2, 0) is 0 Å². The average molecular weight is 460 g/mol. The maximum atomic E-state index is 5.75. The number of anilines is 1. The van der Waals surface area contributed by atoms with Crippen molar-refractivity contribution in [3.63, 3.8) is 0 Å². The van der Waals surface area contributed by atoms with Crippen molar-refractivity contribution in [2.45, 2.75) is 50.1 Å². The Bertz CT molecular complexity index is 1020. The van der Waals surface area contributed by atoms with E-state index in [2.05, 4.69) is 76.4 Å². The number of methoxy groups -OCH3 is 2. The Morgan fingerprint density at radius 3 is 2.47 bits per heavy atom. The van der Waals surface area contributed by atoms with E-state index in [1.54, 1.807) is 14.2 Å². The van der Waals surface area contributed by atoms with E-state index in [0.717, 1.165) is 31.1 Å². The largest absolute Gasteiger partial charge is 0.493 e. The number of hydrogen-bond acceptors (Lipinski definition) is 5. The van der Waals surface area contributed by atoms with Gasteiger partial charge in [-0.3, -0.25) is 4.90 Å². The highest BCUT2D eigenvalue weighted by atomic mass is 16.5. The number of benzene rings is 2. The first kappa shape index (κ1) is 22.9. The van der Waals surface area contributed by atoms with Gasteiger partial charge in [0.15, 0.2) is 11.5 Å². The Kier molecular flexibility index (Phi) is 7.10. The highest BCUT2D eigenvalue weighted by Gasteiger charge is 2.27. The number of dihydropyridines is 1. The summed E-state index contributed by atoms with van der Waals surface area (Å²) >= 11 is 0. The molecule has 2 aromatic rings. The summed E-state index contributed by atoms with van der Waals surface area (Å²) in [5.74, 6) is 2.32. The third kappa shape index (κ3) is 5.10. The van der Waals surface area contributed by atoms with Crippen molar-refractivity contribution in [1.29, 1.82) is 0 Å². The number of likely N-dealkylation sites (tertiary alicyclic amines) is 1. The molecule has 1 unspecified atom stereocenters. The van der Waals surface area contributed by atoms with E-state index in [1.807, 2.05) is 0 Å². The predicted octanol–water partition coefficient (Wildman–Crippen LogP) is 5.63. The first-order valence-electron chi connectivity index (χ1n) is 12.7. The minimum Gasteiger partial charge on any atom is -0.493 e. The van der Waals surface area contributed by atoms with Crippen LogP contribution in [0.15, 0.2) is 66.4 Å². The molecule has 0 bridgehead atoms. The lowest BCUT2D eigenvalue weighted by molar-refractivity contribution is 0.236. The molecular formula is C29H37N3O2. The van der Waals surface area contributed by atoms with E-state index in [0.29, 0.717) is 12.0 Å². The second-order valence-corrected chi connectivity index (χ2v) is 9.75. The highest BCUT2D eigenvalue weighted by molar-refractivity contribution is 5.53. The highest BCUT2D eigenvalue weighted by Crippen LogP contribution is 2.46. The van der Waals surface area contributed by atoms with Crippen molar-refractivity contribution in [2.75, 3.05) is 39.2 Å². The van der Waals surface area contributed by atoms with Gasteiger partial charge in [-0.25, -0.2) is 0 Å². The molecule has 1 saturated carbocycles. The molecule has 2 aromatic carbocycles. The van der Waals surface area contributed by atoms with Gasteiger partial charge in [0.1, 0.15) is 0 Å². The van der Waals surface area contributed by atoms with Crippen molar-refractivity contribution in [1.82, 2.24) is 10.2 Å². The van der Waals surface area contributed by atoms with Gasteiger partial charge in [0.2, 0.25) is 0 Å². The van der Waals surface area contributed by atoms with Gasteiger partial charge in [-0.15, -0.1) is 0 Å². The van der Waals surface area contributed by atoms with E-state index in [9.17, 15) is 0 Å².